The number of rotatable bonds is 4. The monoisotopic (exact) mass is 203 g/mol. The topological polar surface area (TPSA) is 78.0 Å². The summed E-state index contributed by atoms with van der Waals surface area (Å²) in [6.45, 7) is 0.769. The van der Waals surface area contributed by atoms with Gasteiger partial charge in [0, 0.05) is 19.0 Å². The molecule has 0 unspecified atom stereocenters. The van der Waals surface area contributed by atoms with Crippen molar-refractivity contribution in [3.05, 3.63) is 18.0 Å². The lowest BCUT2D eigenvalue weighted by Gasteiger charge is -1.98. The lowest BCUT2D eigenvalue weighted by molar-refractivity contribution is 0.584. The maximum absolute atomic E-state index is 10.8. The van der Waals surface area contributed by atoms with E-state index < -0.39 is 9.84 Å². The van der Waals surface area contributed by atoms with Crippen molar-refractivity contribution < 1.29 is 8.42 Å². The second kappa shape index (κ2) is 3.89. The van der Waals surface area contributed by atoms with Gasteiger partial charge in [0.05, 0.1) is 18.0 Å². The predicted molar refractivity (Wildman–Crippen MR) is 49.8 cm³/mol. The molecular weight excluding hydrogens is 190 g/mol. The van der Waals surface area contributed by atoms with Crippen LogP contribution in [0.25, 0.3) is 0 Å². The van der Waals surface area contributed by atoms with Crippen LogP contribution in [-0.4, -0.2) is 30.2 Å². The SMILES string of the molecule is CS(=O)(=O)CCn1ccc(CN)n1. The van der Waals surface area contributed by atoms with Crippen molar-refractivity contribution in [3.8, 4) is 0 Å². The summed E-state index contributed by atoms with van der Waals surface area (Å²) in [4.78, 5) is 0. The van der Waals surface area contributed by atoms with Gasteiger partial charge in [0.1, 0.15) is 9.84 Å². The van der Waals surface area contributed by atoms with Crippen LogP contribution >= 0.6 is 0 Å². The van der Waals surface area contributed by atoms with Crippen molar-refractivity contribution in [2.45, 2.75) is 13.1 Å². The van der Waals surface area contributed by atoms with Crippen LogP contribution in [-0.2, 0) is 22.9 Å². The van der Waals surface area contributed by atoms with Crippen molar-refractivity contribution >= 4 is 9.84 Å². The summed E-state index contributed by atoms with van der Waals surface area (Å²) in [5.74, 6) is 0.110. The molecule has 0 aliphatic rings. The van der Waals surface area contributed by atoms with E-state index >= 15 is 0 Å². The van der Waals surface area contributed by atoms with Crippen LogP contribution in [0.4, 0.5) is 0 Å². The van der Waals surface area contributed by atoms with Gasteiger partial charge in [-0.3, -0.25) is 4.68 Å². The minimum atomic E-state index is -2.91. The maximum Gasteiger partial charge on any atom is 0.149 e. The van der Waals surface area contributed by atoms with Crippen molar-refractivity contribution in [2.75, 3.05) is 12.0 Å². The van der Waals surface area contributed by atoms with E-state index in [4.69, 9.17) is 5.73 Å². The molecule has 0 atom stereocenters. The molecule has 1 aromatic heterocycles. The fourth-order valence-corrected chi connectivity index (χ4v) is 1.42. The first-order valence-corrected chi connectivity index (χ1v) is 5.97. The quantitative estimate of drug-likeness (QED) is 0.708. The highest BCUT2D eigenvalue weighted by Gasteiger charge is 2.03. The number of sulfone groups is 1. The van der Waals surface area contributed by atoms with Gasteiger partial charge < -0.3 is 5.73 Å². The second-order valence-corrected chi connectivity index (χ2v) is 5.16. The summed E-state index contributed by atoms with van der Waals surface area (Å²) in [5.41, 5.74) is 6.12. The first-order valence-electron chi connectivity index (χ1n) is 3.91. The molecule has 0 radical (unpaired) electrons. The van der Waals surface area contributed by atoms with Gasteiger partial charge in [-0.1, -0.05) is 0 Å². The van der Waals surface area contributed by atoms with E-state index in [1.54, 1.807) is 16.9 Å². The molecule has 0 fully saturated rings. The average Bonchev–Trinajstić information content (AvgIpc) is 2.47. The van der Waals surface area contributed by atoms with Crippen LogP contribution in [0.15, 0.2) is 12.3 Å². The van der Waals surface area contributed by atoms with Crippen LogP contribution in [0.1, 0.15) is 5.69 Å². The van der Waals surface area contributed by atoms with Gasteiger partial charge in [-0.2, -0.15) is 5.10 Å². The molecule has 1 rings (SSSR count). The zero-order valence-electron chi connectivity index (χ0n) is 7.47. The molecule has 0 aromatic carbocycles. The predicted octanol–water partition coefficient (Wildman–Crippen LogP) is -0.614. The third-order valence-corrected chi connectivity index (χ3v) is 2.52. The number of hydrogen-bond acceptors (Lipinski definition) is 4. The van der Waals surface area contributed by atoms with Crippen LogP contribution in [0.3, 0.4) is 0 Å². The standard InChI is InChI=1S/C7H13N3O2S/c1-13(11,12)5-4-10-3-2-7(6-8)9-10/h2-3H,4-6,8H2,1H3. The first-order chi connectivity index (χ1) is 6.01. The zero-order valence-corrected chi connectivity index (χ0v) is 8.29. The van der Waals surface area contributed by atoms with E-state index in [-0.39, 0.29) is 5.75 Å². The summed E-state index contributed by atoms with van der Waals surface area (Å²) in [5, 5.41) is 4.06. The number of hydrogen-bond donors (Lipinski definition) is 1. The number of aromatic nitrogens is 2. The van der Waals surface area contributed by atoms with Crippen molar-refractivity contribution in [3.63, 3.8) is 0 Å². The molecule has 74 valence electrons. The Hall–Kier alpha value is -0.880. The molecule has 0 aliphatic heterocycles. The summed E-state index contributed by atoms with van der Waals surface area (Å²) in [6, 6.07) is 1.78. The Kier molecular flexibility index (Phi) is 3.05. The van der Waals surface area contributed by atoms with E-state index in [1.807, 2.05) is 0 Å². The minimum absolute atomic E-state index is 0.110. The summed E-state index contributed by atoms with van der Waals surface area (Å²) in [6.07, 6.45) is 2.94. The summed E-state index contributed by atoms with van der Waals surface area (Å²) >= 11 is 0. The Morgan fingerprint density at radius 2 is 2.31 bits per heavy atom. The Morgan fingerprint density at radius 1 is 1.62 bits per heavy atom. The first kappa shape index (κ1) is 10.2. The van der Waals surface area contributed by atoms with E-state index in [0.717, 1.165) is 5.69 Å². The smallest absolute Gasteiger partial charge is 0.149 e. The Labute approximate surface area is 77.5 Å². The molecule has 0 amide bonds. The summed E-state index contributed by atoms with van der Waals surface area (Å²) in [7, 11) is -2.91. The van der Waals surface area contributed by atoms with Crippen LogP contribution < -0.4 is 5.73 Å². The molecule has 0 aliphatic carbocycles. The molecule has 5 nitrogen and oxygen atoms in total. The third-order valence-electron chi connectivity index (χ3n) is 1.60. The highest BCUT2D eigenvalue weighted by Crippen LogP contribution is 1.95. The Balaban J connectivity index is 2.55. The minimum Gasteiger partial charge on any atom is -0.325 e. The lowest BCUT2D eigenvalue weighted by atomic mass is 10.4. The fraction of sp³-hybridized carbons (Fsp3) is 0.571. The van der Waals surface area contributed by atoms with Gasteiger partial charge in [0.2, 0.25) is 0 Å². The number of nitrogens with two attached hydrogens (primary N) is 1. The molecule has 0 saturated carbocycles. The summed E-state index contributed by atoms with van der Waals surface area (Å²) < 4.78 is 23.2. The number of nitrogens with zero attached hydrogens (tertiary/aromatic N) is 2. The van der Waals surface area contributed by atoms with Gasteiger partial charge >= 0.3 is 0 Å². The Bertz CT molecular complexity index is 369. The van der Waals surface area contributed by atoms with Crippen LogP contribution in [0.5, 0.6) is 0 Å². The third kappa shape index (κ3) is 3.56. The van der Waals surface area contributed by atoms with Crippen LogP contribution in [0.2, 0.25) is 0 Å². The highest BCUT2D eigenvalue weighted by molar-refractivity contribution is 7.90. The normalized spacial score (nSPS) is 11.8. The van der Waals surface area contributed by atoms with E-state index in [0.29, 0.717) is 13.1 Å². The largest absolute Gasteiger partial charge is 0.325 e. The average molecular weight is 203 g/mol. The van der Waals surface area contributed by atoms with Gasteiger partial charge in [-0.25, -0.2) is 8.42 Å². The maximum atomic E-state index is 10.8. The lowest BCUT2D eigenvalue weighted by Crippen LogP contribution is -2.12. The van der Waals surface area contributed by atoms with Crippen LogP contribution in [0, 0.1) is 0 Å². The second-order valence-electron chi connectivity index (χ2n) is 2.90. The van der Waals surface area contributed by atoms with E-state index in [9.17, 15) is 8.42 Å². The number of aryl methyl sites for hydroxylation is 1. The van der Waals surface area contributed by atoms with Crippen molar-refractivity contribution in [1.82, 2.24) is 9.78 Å². The fourth-order valence-electron chi connectivity index (χ4n) is 0.896. The van der Waals surface area contributed by atoms with Crippen molar-refractivity contribution in [2.24, 2.45) is 5.73 Å². The Morgan fingerprint density at radius 3 is 2.77 bits per heavy atom. The molecule has 2 N–H and O–H groups in total. The van der Waals surface area contributed by atoms with Crippen molar-refractivity contribution in [1.29, 1.82) is 0 Å². The van der Waals surface area contributed by atoms with Gasteiger partial charge in [-0.05, 0) is 6.07 Å². The molecule has 1 heterocycles. The van der Waals surface area contributed by atoms with Gasteiger partial charge in [0.25, 0.3) is 0 Å². The zero-order chi connectivity index (χ0) is 9.90. The molecule has 0 saturated heterocycles. The van der Waals surface area contributed by atoms with Gasteiger partial charge in [-0.15, -0.1) is 0 Å². The molecule has 6 heteroatoms. The van der Waals surface area contributed by atoms with E-state index in [2.05, 4.69) is 5.10 Å². The molecule has 1 aromatic rings. The molecule has 13 heavy (non-hydrogen) atoms. The van der Waals surface area contributed by atoms with Gasteiger partial charge in [0.15, 0.2) is 0 Å². The molecule has 0 spiro atoms. The molecule has 0 bridgehead atoms. The molecular formula is C7H13N3O2S. The van der Waals surface area contributed by atoms with E-state index in [1.165, 1.54) is 6.26 Å². The highest BCUT2D eigenvalue weighted by atomic mass is 32.2.